The Balaban J connectivity index is 2.32. The lowest BCUT2D eigenvalue weighted by Gasteiger charge is -2.18. The average Bonchev–Trinajstić information content (AvgIpc) is 2.77. The smallest absolute Gasteiger partial charge is 0.243 e. The van der Waals surface area contributed by atoms with Gasteiger partial charge in [0, 0.05) is 30.4 Å². The molecule has 1 aromatic heterocycles. The summed E-state index contributed by atoms with van der Waals surface area (Å²) < 4.78 is 26.5. The number of benzene rings is 1. The Bertz CT molecular complexity index is 723. The van der Waals surface area contributed by atoms with E-state index in [9.17, 15) is 8.42 Å². The molecule has 5 nitrogen and oxygen atoms in total. The van der Waals surface area contributed by atoms with Gasteiger partial charge in [0.15, 0.2) is 0 Å². The fourth-order valence-corrected chi connectivity index (χ4v) is 4.18. The standard InChI is InChI=1S/C13H17N3O2S2/c1-9-4-5-11(14)6-13(9)20(17,18)16(3)8-12-7-15-10(2)19-12/h4-7H,8,14H2,1-3H3. The van der Waals surface area contributed by atoms with E-state index in [4.69, 9.17) is 5.73 Å². The van der Waals surface area contributed by atoms with Gasteiger partial charge in [0.2, 0.25) is 10.0 Å². The van der Waals surface area contributed by atoms with Crippen molar-refractivity contribution in [1.29, 1.82) is 0 Å². The third-order valence-electron chi connectivity index (χ3n) is 2.95. The highest BCUT2D eigenvalue weighted by Gasteiger charge is 2.23. The fraction of sp³-hybridized carbons (Fsp3) is 0.308. The zero-order chi connectivity index (χ0) is 14.9. The van der Waals surface area contributed by atoms with Crippen LogP contribution >= 0.6 is 11.3 Å². The Morgan fingerprint density at radius 2 is 2.05 bits per heavy atom. The second kappa shape index (κ2) is 5.51. The Kier molecular flexibility index (Phi) is 4.12. The molecule has 1 heterocycles. The molecule has 0 aliphatic heterocycles. The van der Waals surface area contributed by atoms with Crippen molar-refractivity contribution in [2.24, 2.45) is 0 Å². The maximum atomic E-state index is 12.6. The van der Waals surface area contributed by atoms with E-state index in [1.165, 1.54) is 21.7 Å². The largest absolute Gasteiger partial charge is 0.399 e. The van der Waals surface area contributed by atoms with Crippen LogP contribution in [-0.2, 0) is 16.6 Å². The van der Waals surface area contributed by atoms with Gasteiger partial charge in [-0.3, -0.25) is 0 Å². The number of nitrogens with two attached hydrogens (primary N) is 1. The summed E-state index contributed by atoms with van der Waals surface area (Å²) in [6.07, 6.45) is 1.71. The van der Waals surface area contributed by atoms with E-state index in [0.29, 0.717) is 17.8 Å². The van der Waals surface area contributed by atoms with Crippen molar-refractivity contribution in [3.05, 3.63) is 39.8 Å². The van der Waals surface area contributed by atoms with Crippen LogP contribution in [0.25, 0.3) is 0 Å². The molecule has 0 unspecified atom stereocenters. The number of aromatic nitrogens is 1. The van der Waals surface area contributed by atoms with Gasteiger partial charge >= 0.3 is 0 Å². The Morgan fingerprint density at radius 1 is 1.35 bits per heavy atom. The third-order valence-corrected chi connectivity index (χ3v) is 5.79. The van der Waals surface area contributed by atoms with Crippen molar-refractivity contribution in [2.75, 3.05) is 12.8 Å². The number of hydrogen-bond donors (Lipinski definition) is 1. The predicted molar refractivity (Wildman–Crippen MR) is 81.1 cm³/mol. The zero-order valence-electron chi connectivity index (χ0n) is 11.6. The topological polar surface area (TPSA) is 76.3 Å². The molecular formula is C13H17N3O2S2. The maximum Gasteiger partial charge on any atom is 0.243 e. The maximum absolute atomic E-state index is 12.6. The van der Waals surface area contributed by atoms with Crippen molar-refractivity contribution >= 4 is 27.0 Å². The normalized spacial score (nSPS) is 12.0. The van der Waals surface area contributed by atoms with E-state index in [0.717, 1.165) is 9.88 Å². The molecular weight excluding hydrogens is 294 g/mol. The van der Waals surface area contributed by atoms with Crippen LogP contribution in [0.4, 0.5) is 5.69 Å². The monoisotopic (exact) mass is 311 g/mol. The molecule has 0 aliphatic rings. The van der Waals surface area contributed by atoms with Gasteiger partial charge in [0.1, 0.15) is 0 Å². The molecule has 0 spiro atoms. The van der Waals surface area contributed by atoms with E-state index < -0.39 is 10.0 Å². The lowest BCUT2D eigenvalue weighted by molar-refractivity contribution is 0.469. The van der Waals surface area contributed by atoms with Crippen LogP contribution < -0.4 is 5.73 Å². The minimum Gasteiger partial charge on any atom is -0.399 e. The highest BCUT2D eigenvalue weighted by Crippen LogP contribution is 2.23. The fourth-order valence-electron chi connectivity index (χ4n) is 1.85. The highest BCUT2D eigenvalue weighted by atomic mass is 32.2. The second-order valence-electron chi connectivity index (χ2n) is 4.63. The lowest BCUT2D eigenvalue weighted by Crippen LogP contribution is -2.26. The number of nitrogens with zero attached hydrogens (tertiary/aromatic N) is 2. The summed E-state index contributed by atoms with van der Waals surface area (Å²) in [6.45, 7) is 3.96. The molecule has 1 aromatic carbocycles. The molecule has 20 heavy (non-hydrogen) atoms. The molecule has 7 heteroatoms. The van der Waals surface area contributed by atoms with Crippen molar-refractivity contribution in [2.45, 2.75) is 25.3 Å². The van der Waals surface area contributed by atoms with Gasteiger partial charge in [-0.1, -0.05) is 6.07 Å². The summed E-state index contributed by atoms with van der Waals surface area (Å²) >= 11 is 1.49. The van der Waals surface area contributed by atoms with Crippen LogP contribution in [0.3, 0.4) is 0 Å². The highest BCUT2D eigenvalue weighted by molar-refractivity contribution is 7.89. The summed E-state index contributed by atoms with van der Waals surface area (Å²) in [5, 5.41) is 0.922. The van der Waals surface area contributed by atoms with Gasteiger partial charge in [-0.2, -0.15) is 4.31 Å². The van der Waals surface area contributed by atoms with Gasteiger partial charge < -0.3 is 5.73 Å². The Morgan fingerprint density at radius 3 is 2.65 bits per heavy atom. The molecule has 2 aromatic rings. The summed E-state index contributed by atoms with van der Waals surface area (Å²) in [5.41, 5.74) is 6.82. The van der Waals surface area contributed by atoms with Gasteiger partial charge in [0.05, 0.1) is 9.90 Å². The zero-order valence-corrected chi connectivity index (χ0v) is 13.3. The first-order valence-electron chi connectivity index (χ1n) is 6.04. The van der Waals surface area contributed by atoms with E-state index in [1.807, 2.05) is 6.92 Å². The Labute approximate surface area is 123 Å². The molecule has 0 saturated heterocycles. The molecule has 108 valence electrons. The van der Waals surface area contributed by atoms with Crippen LogP contribution in [0.1, 0.15) is 15.4 Å². The molecule has 0 radical (unpaired) electrons. The SMILES string of the molecule is Cc1ncc(CN(C)S(=O)(=O)c2cc(N)ccc2C)s1. The summed E-state index contributed by atoms with van der Waals surface area (Å²) in [5.74, 6) is 0. The Hall–Kier alpha value is -1.44. The lowest BCUT2D eigenvalue weighted by atomic mass is 10.2. The van der Waals surface area contributed by atoms with Gasteiger partial charge in [-0.05, 0) is 31.5 Å². The predicted octanol–water partition coefficient (Wildman–Crippen LogP) is 2.16. The van der Waals surface area contributed by atoms with Crippen molar-refractivity contribution < 1.29 is 8.42 Å². The number of hydrogen-bond acceptors (Lipinski definition) is 5. The van der Waals surface area contributed by atoms with E-state index in [2.05, 4.69) is 4.98 Å². The number of thiazole rings is 1. The number of rotatable bonds is 4. The van der Waals surface area contributed by atoms with E-state index in [-0.39, 0.29) is 4.90 Å². The number of sulfonamides is 1. The van der Waals surface area contributed by atoms with E-state index >= 15 is 0 Å². The number of nitrogen functional groups attached to an aromatic ring is 1. The second-order valence-corrected chi connectivity index (χ2v) is 7.96. The van der Waals surface area contributed by atoms with Crippen molar-refractivity contribution in [1.82, 2.24) is 9.29 Å². The molecule has 2 N–H and O–H groups in total. The van der Waals surface area contributed by atoms with Gasteiger partial charge in [-0.15, -0.1) is 11.3 Å². The quantitative estimate of drug-likeness (QED) is 0.878. The van der Waals surface area contributed by atoms with Gasteiger partial charge in [0.25, 0.3) is 0 Å². The first kappa shape index (κ1) is 15.0. The number of anilines is 1. The molecule has 0 atom stereocenters. The van der Waals surface area contributed by atoms with Crippen LogP contribution in [0.2, 0.25) is 0 Å². The minimum absolute atomic E-state index is 0.251. The number of aryl methyl sites for hydroxylation is 2. The summed E-state index contributed by atoms with van der Waals surface area (Å²) in [6, 6.07) is 4.91. The van der Waals surface area contributed by atoms with E-state index in [1.54, 1.807) is 32.3 Å². The van der Waals surface area contributed by atoms with Crippen LogP contribution in [0.5, 0.6) is 0 Å². The molecule has 0 amide bonds. The van der Waals surface area contributed by atoms with Crippen molar-refractivity contribution in [3.8, 4) is 0 Å². The minimum atomic E-state index is -3.55. The molecule has 2 rings (SSSR count). The molecule has 0 saturated carbocycles. The van der Waals surface area contributed by atoms with Crippen LogP contribution in [0.15, 0.2) is 29.3 Å². The third kappa shape index (κ3) is 3.00. The van der Waals surface area contributed by atoms with Crippen LogP contribution in [0, 0.1) is 13.8 Å². The molecule has 0 bridgehead atoms. The first-order chi connectivity index (χ1) is 9.30. The molecule has 0 aliphatic carbocycles. The summed E-state index contributed by atoms with van der Waals surface area (Å²) in [4.78, 5) is 5.30. The van der Waals surface area contributed by atoms with Gasteiger partial charge in [-0.25, -0.2) is 13.4 Å². The van der Waals surface area contributed by atoms with Crippen molar-refractivity contribution in [3.63, 3.8) is 0 Å². The first-order valence-corrected chi connectivity index (χ1v) is 8.30. The summed E-state index contributed by atoms with van der Waals surface area (Å²) in [7, 11) is -1.99. The molecule has 0 fully saturated rings. The van der Waals surface area contributed by atoms with Crippen LogP contribution in [-0.4, -0.2) is 24.8 Å². The average molecular weight is 311 g/mol.